The minimum atomic E-state index is -0.967. The lowest BCUT2D eigenvalue weighted by Crippen LogP contribution is -2.44. The topological polar surface area (TPSA) is 95.7 Å². The normalized spacial score (nSPS) is 22.0. The van der Waals surface area contributed by atoms with Gasteiger partial charge in [-0.3, -0.25) is 14.3 Å². The summed E-state index contributed by atoms with van der Waals surface area (Å²) in [5.41, 5.74) is 0.219. The SMILES string of the molecule is CCCn1nccc1C(=O)N1CC2(CCN(C(C)=O)CC2)CC1C(=O)O. The second kappa shape index (κ2) is 7.09. The van der Waals surface area contributed by atoms with Gasteiger partial charge in [-0.15, -0.1) is 0 Å². The monoisotopic (exact) mass is 362 g/mol. The Kier molecular flexibility index (Phi) is 5.02. The number of nitrogens with zero attached hydrogens (tertiary/aromatic N) is 4. The Morgan fingerprint density at radius 1 is 1.31 bits per heavy atom. The summed E-state index contributed by atoms with van der Waals surface area (Å²) in [5.74, 6) is -1.19. The summed E-state index contributed by atoms with van der Waals surface area (Å²) in [5, 5.41) is 13.9. The van der Waals surface area contributed by atoms with Crippen molar-refractivity contribution in [3.05, 3.63) is 18.0 Å². The number of aromatic nitrogens is 2. The minimum Gasteiger partial charge on any atom is -0.480 e. The first-order valence-electron chi connectivity index (χ1n) is 9.18. The Balaban J connectivity index is 1.80. The molecule has 1 aromatic heterocycles. The number of hydrogen-bond donors (Lipinski definition) is 1. The Bertz CT molecular complexity index is 706. The van der Waals surface area contributed by atoms with E-state index in [1.165, 1.54) is 4.90 Å². The summed E-state index contributed by atoms with van der Waals surface area (Å²) in [7, 11) is 0. The van der Waals surface area contributed by atoms with Gasteiger partial charge in [0.25, 0.3) is 5.91 Å². The highest BCUT2D eigenvalue weighted by atomic mass is 16.4. The average Bonchev–Trinajstić information content (AvgIpc) is 3.20. The number of likely N-dealkylation sites (tertiary alicyclic amines) is 2. The fourth-order valence-electron chi connectivity index (χ4n) is 4.20. The van der Waals surface area contributed by atoms with Gasteiger partial charge in [0.05, 0.1) is 0 Å². The van der Waals surface area contributed by atoms with Crippen LogP contribution in [0, 0.1) is 5.41 Å². The lowest BCUT2D eigenvalue weighted by molar-refractivity contribution is -0.141. The van der Waals surface area contributed by atoms with Gasteiger partial charge in [-0.05, 0) is 37.2 Å². The van der Waals surface area contributed by atoms with E-state index in [0.29, 0.717) is 38.3 Å². The number of carbonyl (C=O) groups is 3. The number of rotatable bonds is 4. The summed E-state index contributed by atoms with van der Waals surface area (Å²) in [6.07, 6.45) is 4.33. The maximum absolute atomic E-state index is 13.1. The first-order valence-corrected chi connectivity index (χ1v) is 9.18. The first-order chi connectivity index (χ1) is 12.4. The highest BCUT2D eigenvalue weighted by Crippen LogP contribution is 2.44. The van der Waals surface area contributed by atoms with E-state index in [1.807, 2.05) is 6.92 Å². The largest absolute Gasteiger partial charge is 0.480 e. The van der Waals surface area contributed by atoms with Gasteiger partial charge in [0, 0.05) is 39.3 Å². The van der Waals surface area contributed by atoms with E-state index in [1.54, 1.807) is 28.8 Å². The van der Waals surface area contributed by atoms with Crippen LogP contribution in [0.1, 0.15) is 50.0 Å². The second-order valence-electron chi connectivity index (χ2n) is 7.44. The highest BCUT2D eigenvalue weighted by molar-refractivity contribution is 5.95. The molecule has 1 spiro atoms. The third kappa shape index (κ3) is 3.32. The smallest absolute Gasteiger partial charge is 0.326 e. The van der Waals surface area contributed by atoms with Crippen LogP contribution in [0.4, 0.5) is 0 Å². The zero-order valence-electron chi connectivity index (χ0n) is 15.3. The molecule has 2 aliphatic rings. The van der Waals surface area contributed by atoms with Crippen LogP contribution in [0.5, 0.6) is 0 Å². The maximum Gasteiger partial charge on any atom is 0.326 e. The van der Waals surface area contributed by atoms with Crippen molar-refractivity contribution >= 4 is 17.8 Å². The molecule has 0 bridgehead atoms. The number of aliphatic carboxylic acids is 1. The molecule has 3 heterocycles. The van der Waals surface area contributed by atoms with Crippen molar-refractivity contribution in [1.82, 2.24) is 19.6 Å². The number of amides is 2. The van der Waals surface area contributed by atoms with Crippen LogP contribution in [0.3, 0.4) is 0 Å². The molecule has 2 amide bonds. The van der Waals surface area contributed by atoms with Crippen molar-refractivity contribution in [2.45, 2.75) is 52.1 Å². The van der Waals surface area contributed by atoms with E-state index in [-0.39, 0.29) is 17.2 Å². The Labute approximate surface area is 152 Å². The van der Waals surface area contributed by atoms with Gasteiger partial charge in [-0.2, -0.15) is 5.10 Å². The number of aryl methyl sites for hydroxylation is 1. The summed E-state index contributed by atoms with van der Waals surface area (Å²) in [4.78, 5) is 39.7. The molecule has 0 radical (unpaired) electrons. The molecule has 1 N–H and O–H groups in total. The van der Waals surface area contributed by atoms with Crippen molar-refractivity contribution < 1.29 is 19.5 Å². The van der Waals surface area contributed by atoms with E-state index < -0.39 is 12.0 Å². The quantitative estimate of drug-likeness (QED) is 0.869. The number of hydrogen-bond acceptors (Lipinski definition) is 4. The summed E-state index contributed by atoms with van der Waals surface area (Å²) in [6.45, 7) is 5.85. The molecular formula is C18H26N4O4. The Morgan fingerprint density at radius 3 is 2.58 bits per heavy atom. The van der Waals surface area contributed by atoms with Gasteiger partial charge in [0.15, 0.2) is 0 Å². The molecule has 8 nitrogen and oxygen atoms in total. The highest BCUT2D eigenvalue weighted by Gasteiger charge is 2.50. The second-order valence-corrected chi connectivity index (χ2v) is 7.44. The van der Waals surface area contributed by atoms with Crippen molar-refractivity contribution in [3.8, 4) is 0 Å². The molecule has 0 saturated carbocycles. The third-order valence-corrected chi connectivity index (χ3v) is 5.69. The van der Waals surface area contributed by atoms with Crippen LogP contribution in [0.15, 0.2) is 12.3 Å². The van der Waals surface area contributed by atoms with Crippen molar-refractivity contribution in [2.75, 3.05) is 19.6 Å². The van der Waals surface area contributed by atoms with Gasteiger partial charge in [0.1, 0.15) is 11.7 Å². The van der Waals surface area contributed by atoms with E-state index in [0.717, 1.165) is 19.3 Å². The predicted molar refractivity (Wildman–Crippen MR) is 93.5 cm³/mol. The van der Waals surface area contributed by atoms with Gasteiger partial charge in [-0.1, -0.05) is 6.92 Å². The summed E-state index contributed by atoms with van der Waals surface area (Å²) >= 11 is 0. The molecule has 2 aliphatic heterocycles. The molecule has 142 valence electrons. The van der Waals surface area contributed by atoms with Crippen LogP contribution >= 0.6 is 0 Å². The molecular weight excluding hydrogens is 336 g/mol. The van der Waals surface area contributed by atoms with Crippen LogP contribution < -0.4 is 0 Å². The minimum absolute atomic E-state index is 0.0454. The van der Waals surface area contributed by atoms with Crippen LogP contribution in [-0.4, -0.2) is 68.1 Å². The van der Waals surface area contributed by atoms with Crippen molar-refractivity contribution in [3.63, 3.8) is 0 Å². The van der Waals surface area contributed by atoms with Crippen LogP contribution in [0.25, 0.3) is 0 Å². The number of carbonyl (C=O) groups excluding carboxylic acids is 2. The lowest BCUT2D eigenvalue weighted by Gasteiger charge is -2.38. The molecule has 3 rings (SSSR count). The van der Waals surface area contributed by atoms with Crippen molar-refractivity contribution in [1.29, 1.82) is 0 Å². The molecule has 1 atom stereocenters. The fourth-order valence-corrected chi connectivity index (χ4v) is 4.20. The van der Waals surface area contributed by atoms with Crippen LogP contribution in [-0.2, 0) is 16.1 Å². The average molecular weight is 362 g/mol. The van der Waals surface area contributed by atoms with E-state index in [2.05, 4.69) is 5.10 Å². The molecule has 0 aromatic carbocycles. The maximum atomic E-state index is 13.1. The van der Waals surface area contributed by atoms with E-state index >= 15 is 0 Å². The lowest BCUT2D eigenvalue weighted by atomic mass is 9.76. The van der Waals surface area contributed by atoms with Gasteiger partial charge >= 0.3 is 5.97 Å². The molecule has 1 unspecified atom stereocenters. The molecule has 8 heteroatoms. The number of carboxylic acid groups (broad SMARTS) is 1. The third-order valence-electron chi connectivity index (χ3n) is 5.69. The standard InChI is InChI=1S/C18H26N4O4/c1-3-8-22-14(4-7-19-22)16(24)21-12-18(11-15(21)17(25)26)5-9-20(10-6-18)13(2)23/h4,7,15H,3,5-6,8-12H2,1-2H3,(H,25,26). The van der Waals surface area contributed by atoms with Crippen LogP contribution in [0.2, 0.25) is 0 Å². The van der Waals surface area contributed by atoms with E-state index in [4.69, 9.17) is 0 Å². The zero-order valence-corrected chi connectivity index (χ0v) is 15.3. The molecule has 2 saturated heterocycles. The van der Waals surface area contributed by atoms with Gasteiger partial charge in [-0.25, -0.2) is 4.79 Å². The molecule has 26 heavy (non-hydrogen) atoms. The van der Waals surface area contributed by atoms with Crippen molar-refractivity contribution in [2.24, 2.45) is 5.41 Å². The zero-order chi connectivity index (χ0) is 18.9. The fraction of sp³-hybridized carbons (Fsp3) is 0.667. The van der Waals surface area contributed by atoms with E-state index in [9.17, 15) is 19.5 Å². The summed E-state index contributed by atoms with van der Waals surface area (Å²) < 4.78 is 1.64. The number of carboxylic acids is 1. The Morgan fingerprint density at radius 2 is 2.00 bits per heavy atom. The van der Waals surface area contributed by atoms with Gasteiger partial charge < -0.3 is 14.9 Å². The number of piperidine rings is 1. The molecule has 0 aliphatic carbocycles. The molecule has 1 aromatic rings. The molecule has 2 fully saturated rings. The first kappa shape index (κ1) is 18.4. The Hall–Kier alpha value is -2.38. The van der Waals surface area contributed by atoms with Gasteiger partial charge in [0.2, 0.25) is 5.91 Å². The predicted octanol–water partition coefficient (Wildman–Crippen LogP) is 1.22. The summed E-state index contributed by atoms with van der Waals surface area (Å²) in [6, 6.07) is 0.830.